The zero-order valence-electron chi connectivity index (χ0n) is 17.1. The number of carboxylic acids is 1. The fourth-order valence-corrected chi connectivity index (χ4v) is 4.05. The number of aliphatic carboxylic acids is 1. The minimum Gasteiger partial charge on any atom is -0.506 e. The number of anilines is 1. The molecule has 0 aromatic heterocycles. The number of carbonyl (C=O) groups excluding carboxylic acids is 2. The number of carboxylic acid groups (broad SMARTS) is 1. The first kappa shape index (κ1) is 20.4. The van der Waals surface area contributed by atoms with Crippen LogP contribution in [-0.2, 0) is 4.79 Å². The number of benzene rings is 3. The Bertz CT molecular complexity index is 1210. The lowest BCUT2D eigenvalue weighted by atomic mass is 9.96. The summed E-state index contributed by atoms with van der Waals surface area (Å²) in [6.45, 7) is 3.84. The monoisotopic (exact) mass is 419 g/mol. The number of hydrogen-bond donors (Lipinski definition) is 2. The van der Waals surface area contributed by atoms with E-state index in [-0.39, 0.29) is 29.2 Å². The molecule has 1 aliphatic rings. The molecule has 0 saturated carbocycles. The van der Waals surface area contributed by atoms with Gasteiger partial charge >= 0.3 is 5.97 Å². The molecule has 1 aliphatic heterocycles. The van der Waals surface area contributed by atoms with E-state index in [0.29, 0.717) is 28.4 Å². The number of carbonyl (C=O) groups is 3. The first-order valence-electron chi connectivity index (χ1n) is 10.0. The van der Waals surface area contributed by atoms with Gasteiger partial charge in [0.15, 0.2) is 0 Å². The second kappa shape index (κ2) is 7.75. The van der Waals surface area contributed by atoms with Crippen molar-refractivity contribution >= 4 is 34.2 Å². The molecule has 0 saturated heterocycles. The predicted octanol–water partition coefficient (Wildman–Crippen LogP) is 4.32. The number of phenolic OH excluding ortho intramolecular Hbond substituents is 1. The molecule has 158 valence electrons. The molecule has 31 heavy (non-hydrogen) atoms. The molecule has 7 heteroatoms. The highest BCUT2D eigenvalue weighted by Gasteiger charge is 2.43. The zero-order valence-corrected chi connectivity index (χ0v) is 17.1. The zero-order chi connectivity index (χ0) is 22.3. The van der Waals surface area contributed by atoms with E-state index in [9.17, 15) is 24.6 Å². The molecule has 1 heterocycles. The summed E-state index contributed by atoms with van der Waals surface area (Å²) in [5.41, 5.74) is 0.817. The number of rotatable bonds is 6. The van der Waals surface area contributed by atoms with Crippen LogP contribution in [0.1, 0.15) is 52.5 Å². The van der Waals surface area contributed by atoms with E-state index in [1.807, 2.05) is 0 Å². The Hall–Kier alpha value is -3.87. The maximum Gasteiger partial charge on any atom is 0.310 e. The summed E-state index contributed by atoms with van der Waals surface area (Å²) in [7, 11) is 0. The number of amides is 2. The maximum absolute atomic E-state index is 13.3. The second-order valence-electron chi connectivity index (χ2n) is 7.24. The summed E-state index contributed by atoms with van der Waals surface area (Å²) < 4.78 is 5.74. The molecule has 3 aromatic rings. The van der Waals surface area contributed by atoms with E-state index in [2.05, 4.69) is 0 Å². The minimum absolute atomic E-state index is 0.0316. The van der Waals surface area contributed by atoms with Crippen molar-refractivity contribution in [1.29, 1.82) is 0 Å². The van der Waals surface area contributed by atoms with Crippen LogP contribution in [0.2, 0.25) is 0 Å². The normalized spacial score (nSPS) is 14.1. The Balaban J connectivity index is 1.84. The highest BCUT2D eigenvalue weighted by atomic mass is 16.5. The molecule has 0 radical (unpaired) electrons. The Morgan fingerprint density at radius 2 is 1.58 bits per heavy atom. The largest absolute Gasteiger partial charge is 0.506 e. The summed E-state index contributed by atoms with van der Waals surface area (Å²) in [6.07, 6.45) is 0.417. The van der Waals surface area contributed by atoms with Gasteiger partial charge in [0.2, 0.25) is 0 Å². The molecule has 0 aliphatic carbocycles. The van der Waals surface area contributed by atoms with E-state index >= 15 is 0 Å². The van der Waals surface area contributed by atoms with Crippen molar-refractivity contribution in [2.24, 2.45) is 0 Å². The van der Waals surface area contributed by atoms with E-state index in [4.69, 9.17) is 4.74 Å². The van der Waals surface area contributed by atoms with Crippen LogP contribution in [0.15, 0.2) is 48.5 Å². The van der Waals surface area contributed by atoms with Gasteiger partial charge in [-0.1, -0.05) is 43.3 Å². The molecule has 3 aromatic carbocycles. The van der Waals surface area contributed by atoms with Gasteiger partial charge in [0.1, 0.15) is 11.5 Å². The number of aromatic hydroxyl groups is 1. The number of nitrogens with zero attached hydrogens (tertiary/aromatic N) is 1. The van der Waals surface area contributed by atoms with Gasteiger partial charge in [-0.05, 0) is 31.0 Å². The number of phenols is 1. The third-order valence-electron chi connectivity index (χ3n) is 5.52. The number of imide groups is 1. The van der Waals surface area contributed by atoms with Crippen molar-refractivity contribution in [1.82, 2.24) is 0 Å². The van der Waals surface area contributed by atoms with Crippen LogP contribution in [0.25, 0.3) is 10.8 Å². The molecule has 7 nitrogen and oxygen atoms in total. The van der Waals surface area contributed by atoms with Crippen LogP contribution in [-0.4, -0.2) is 34.6 Å². The van der Waals surface area contributed by atoms with Gasteiger partial charge in [-0.2, -0.15) is 0 Å². The Labute approximate surface area is 178 Å². The Morgan fingerprint density at radius 1 is 0.968 bits per heavy atom. The summed E-state index contributed by atoms with van der Waals surface area (Å²) in [5.74, 6) is -2.85. The molecular weight excluding hydrogens is 398 g/mol. The maximum atomic E-state index is 13.3. The van der Waals surface area contributed by atoms with Gasteiger partial charge in [-0.25, -0.2) is 4.90 Å². The van der Waals surface area contributed by atoms with Crippen LogP contribution >= 0.6 is 0 Å². The van der Waals surface area contributed by atoms with Crippen LogP contribution in [0.4, 0.5) is 5.69 Å². The van der Waals surface area contributed by atoms with E-state index in [1.54, 1.807) is 62.4 Å². The summed E-state index contributed by atoms with van der Waals surface area (Å²) in [5, 5.41) is 21.1. The average Bonchev–Trinajstić information content (AvgIpc) is 3.02. The smallest absolute Gasteiger partial charge is 0.310 e. The molecule has 4 rings (SSSR count). The van der Waals surface area contributed by atoms with Crippen molar-refractivity contribution in [3.8, 4) is 11.5 Å². The standard InChI is InChI=1S/C24H21NO6/c1-3-15(24(29)30)13-9-11-14(12-10-13)25-22(27)18-19(23(25)28)21(31-4-2)17-8-6-5-7-16(17)20(18)26/h5-12,15,26H,3-4H2,1-2H3,(H,29,30). The molecule has 0 bridgehead atoms. The first-order valence-corrected chi connectivity index (χ1v) is 10.0. The molecule has 1 atom stereocenters. The van der Waals surface area contributed by atoms with Crippen molar-refractivity contribution in [2.45, 2.75) is 26.2 Å². The number of fused-ring (bicyclic) bond motifs is 2. The van der Waals surface area contributed by atoms with Gasteiger partial charge in [-0.3, -0.25) is 14.4 Å². The molecule has 1 unspecified atom stereocenters. The molecular formula is C24H21NO6. The molecule has 2 N–H and O–H groups in total. The minimum atomic E-state index is -0.936. The van der Waals surface area contributed by atoms with Crippen molar-refractivity contribution < 1.29 is 29.3 Å². The van der Waals surface area contributed by atoms with Gasteiger partial charge in [0.25, 0.3) is 11.8 Å². The van der Waals surface area contributed by atoms with Gasteiger partial charge in [0.05, 0.1) is 29.3 Å². The average molecular weight is 419 g/mol. The van der Waals surface area contributed by atoms with Gasteiger partial charge in [0, 0.05) is 10.8 Å². The highest BCUT2D eigenvalue weighted by molar-refractivity contribution is 6.38. The van der Waals surface area contributed by atoms with Crippen LogP contribution < -0.4 is 9.64 Å². The van der Waals surface area contributed by atoms with Crippen molar-refractivity contribution in [3.05, 3.63) is 65.2 Å². The number of hydrogen-bond acceptors (Lipinski definition) is 5. The lowest BCUT2D eigenvalue weighted by molar-refractivity contribution is -0.138. The highest BCUT2D eigenvalue weighted by Crippen LogP contribution is 2.45. The predicted molar refractivity (Wildman–Crippen MR) is 115 cm³/mol. The lowest BCUT2D eigenvalue weighted by Crippen LogP contribution is -2.29. The van der Waals surface area contributed by atoms with Crippen LogP contribution in [0.5, 0.6) is 11.5 Å². The number of ether oxygens (including phenoxy) is 1. The molecule has 0 fully saturated rings. The van der Waals surface area contributed by atoms with E-state index in [0.717, 1.165) is 4.90 Å². The topological polar surface area (TPSA) is 104 Å². The van der Waals surface area contributed by atoms with Crippen LogP contribution in [0.3, 0.4) is 0 Å². The van der Waals surface area contributed by atoms with E-state index < -0.39 is 23.7 Å². The fourth-order valence-electron chi connectivity index (χ4n) is 4.05. The molecule has 2 amide bonds. The Kier molecular flexibility index (Phi) is 5.10. The third kappa shape index (κ3) is 3.09. The summed E-state index contributed by atoms with van der Waals surface area (Å²) in [6, 6.07) is 13.2. The molecule has 0 spiro atoms. The van der Waals surface area contributed by atoms with Crippen molar-refractivity contribution in [2.75, 3.05) is 11.5 Å². The first-order chi connectivity index (χ1) is 14.9. The van der Waals surface area contributed by atoms with E-state index in [1.165, 1.54) is 0 Å². The van der Waals surface area contributed by atoms with Crippen molar-refractivity contribution in [3.63, 3.8) is 0 Å². The lowest BCUT2D eigenvalue weighted by Gasteiger charge is -2.16. The van der Waals surface area contributed by atoms with Crippen LogP contribution in [0, 0.1) is 0 Å². The SMILES string of the molecule is CCOc1c2c(c(O)c3ccccc13)C(=O)N(c1ccc(C(CC)C(=O)O)cc1)C2=O. The fraction of sp³-hybridized carbons (Fsp3) is 0.208. The Morgan fingerprint density at radius 3 is 2.16 bits per heavy atom. The summed E-state index contributed by atoms with van der Waals surface area (Å²) in [4.78, 5) is 38.9. The quantitative estimate of drug-likeness (QED) is 0.577. The second-order valence-corrected chi connectivity index (χ2v) is 7.24. The van der Waals surface area contributed by atoms with Gasteiger partial charge < -0.3 is 14.9 Å². The van der Waals surface area contributed by atoms with Gasteiger partial charge in [-0.15, -0.1) is 0 Å². The summed E-state index contributed by atoms with van der Waals surface area (Å²) >= 11 is 0. The third-order valence-corrected chi connectivity index (χ3v) is 5.52.